The van der Waals surface area contributed by atoms with E-state index in [1.165, 1.54) is 56.2 Å². The van der Waals surface area contributed by atoms with E-state index >= 15 is 0 Å². The van der Waals surface area contributed by atoms with Crippen molar-refractivity contribution >= 4 is 5.82 Å². The van der Waals surface area contributed by atoms with Crippen molar-refractivity contribution in [3.05, 3.63) is 17.1 Å². The molecule has 1 aromatic heterocycles. The van der Waals surface area contributed by atoms with Crippen LogP contribution in [0.5, 0.6) is 0 Å². The molecule has 19 heavy (non-hydrogen) atoms. The van der Waals surface area contributed by atoms with Crippen molar-refractivity contribution in [2.45, 2.75) is 70.6 Å². The molecule has 0 bridgehead atoms. The van der Waals surface area contributed by atoms with E-state index in [2.05, 4.69) is 12.2 Å². The second-order valence-electron chi connectivity index (χ2n) is 5.93. The highest BCUT2D eigenvalue weighted by Crippen LogP contribution is 2.33. The molecule has 0 radical (unpaired) electrons. The Kier molecular flexibility index (Phi) is 4.00. The van der Waals surface area contributed by atoms with Gasteiger partial charge in [0, 0.05) is 23.7 Å². The second kappa shape index (κ2) is 5.89. The number of hydrogen-bond donors (Lipinski definition) is 1. The number of aromatic nitrogens is 2. The molecule has 2 aliphatic carbocycles. The van der Waals surface area contributed by atoms with E-state index in [9.17, 15) is 0 Å². The van der Waals surface area contributed by atoms with Crippen molar-refractivity contribution in [2.24, 2.45) is 0 Å². The quantitative estimate of drug-likeness (QED) is 0.838. The summed E-state index contributed by atoms with van der Waals surface area (Å²) >= 11 is 0. The Balaban J connectivity index is 1.90. The van der Waals surface area contributed by atoms with Crippen molar-refractivity contribution in [1.82, 2.24) is 9.97 Å². The van der Waals surface area contributed by atoms with Gasteiger partial charge in [-0.05, 0) is 39.0 Å². The number of anilines is 1. The van der Waals surface area contributed by atoms with Crippen LogP contribution in [-0.2, 0) is 12.8 Å². The van der Waals surface area contributed by atoms with E-state index < -0.39 is 0 Å². The maximum absolute atomic E-state index is 4.91. The smallest absolute Gasteiger partial charge is 0.134 e. The van der Waals surface area contributed by atoms with Crippen LogP contribution in [0.3, 0.4) is 0 Å². The van der Waals surface area contributed by atoms with Crippen molar-refractivity contribution in [2.75, 3.05) is 11.9 Å². The van der Waals surface area contributed by atoms with Gasteiger partial charge in [0.15, 0.2) is 0 Å². The average molecular weight is 259 g/mol. The van der Waals surface area contributed by atoms with Gasteiger partial charge in [-0.25, -0.2) is 9.97 Å². The van der Waals surface area contributed by atoms with E-state index in [0.29, 0.717) is 5.92 Å². The summed E-state index contributed by atoms with van der Waals surface area (Å²) < 4.78 is 0. The number of rotatable bonds is 3. The van der Waals surface area contributed by atoms with Crippen molar-refractivity contribution in [3.8, 4) is 0 Å². The zero-order valence-corrected chi connectivity index (χ0v) is 12.0. The van der Waals surface area contributed by atoms with Crippen LogP contribution < -0.4 is 5.32 Å². The van der Waals surface area contributed by atoms with Gasteiger partial charge in [0.2, 0.25) is 0 Å². The first-order chi connectivity index (χ1) is 9.38. The van der Waals surface area contributed by atoms with Gasteiger partial charge in [-0.2, -0.15) is 0 Å². The van der Waals surface area contributed by atoms with Crippen molar-refractivity contribution in [3.63, 3.8) is 0 Å². The first-order valence-corrected chi connectivity index (χ1v) is 8.02. The summed E-state index contributed by atoms with van der Waals surface area (Å²) in [6.07, 6.45) is 11.6. The summed E-state index contributed by atoms with van der Waals surface area (Å²) in [5, 5.41) is 3.45. The molecule has 0 aromatic carbocycles. The molecular formula is C16H25N3. The van der Waals surface area contributed by atoms with E-state index in [-0.39, 0.29) is 0 Å². The predicted octanol–water partition coefficient (Wildman–Crippen LogP) is 3.83. The monoisotopic (exact) mass is 259 g/mol. The fourth-order valence-corrected chi connectivity index (χ4v) is 3.49. The largest absolute Gasteiger partial charge is 0.370 e. The highest BCUT2D eigenvalue weighted by molar-refractivity contribution is 5.49. The Morgan fingerprint density at radius 3 is 2.53 bits per heavy atom. The third-order valence-corrected chi connectivity index (χ3v) is 4.51. The van der Waals surface area contributed by atoms with Gasteiger partial charge in [0.25, 0.3) is 0 Å². The van der Waals surface area contributed by atoms with Gasteiger partial charge in [-0.15, -0.1) is 0 Å². The summed E-state index contributed by atoms with van der Waals surface area (Å²) in [5.41, 5.74) is 2.71. The maximum atomic E-state index is 4.91. The Morgan fingerprint density at radius 2 is 1.79 bits per heavy atom. The van der Waals surface area contributed by atoms with Gasteiger partial charge in [-0.1, -0.05) is 25.7 Å². The minimum Gasteiger partial charge on any atom is -0.370 e. The Morgan fingerprint density at radius 1 is 1.00 bits per heavy atom. The highest BCUT2D eigenvalue weighted by Gasteiger charge is 2.23. The fourth-order valence-electron chi connectivity index (χ4n) is 3.49. The maximum Gasteiger partial charge on any atom is 0.134 e. The zero-order valence-electron chi connectivity index (χ0n) is 12.0. The molecule has 0 unspecified atom stereocenters. The van der Waals surface area contributed by atoms with Crippen molar-refractivity contribution < 1.29 is 0 Å². The van der Waals surface area contributed by atoms with E-state index in [1.54, 1.807) is 0 Å². The van der Waals surface area contributed by atoms with Crippen LogP contribution in [-0.4, -0.2) is 16.5 Å². The number of fused-ring (bicyclic) bond motifs is 1. The highest BCUT2D eigenvalue weighted by atomic mass is 15.0. The molecule has 1 heterocycles. The normalized spacial score (nSPS) is 20.1. The molecule has 3 rings (SSSR count). The van der Waals surface area contributed by atoms with Gasteiger partial charge in [-0.3, -0.25) is 0 Å². The van der Waals surface area contributed by atoms with E-state index in [1.807, 2.05) is 0 Å². The molecule has 0 spiro atoms. The lowest BCUT2D eigenvalue weighted by molar-refractivity contribution is 0.558. The SMILES string of the molecule is CCNc1nc(C2CCCCCC2)nc2c1CCC2. The third kappa shape index (κ3) is 2.75. The fraction of sp³-hybridized carbons (Fsp3) is 0.750. The zero-order chi connectivity index (χ0) is 13.1. The molecule has 0 amide bonds. The van der Waals surface area contributed by atoms with Gasteiger partial charge < -0.3 is 5.32 Å². The van der Waals surface area contributed by atoms with Crippen LogP contribution in [0, 0.1) is 0 Å². The molecule has 1 fully saturated rings. The lowest BCUT2D eigenvalue weighted by Gasteiger charge is -2.16. The Hall–Kier alpha value is -1.12. The molecule has 104 valence electrons. The first kappa shape index (κ1) is 12.9. The number of nitrogens with one attached hydrogen (secondary N) is 1. The van der Waals surface area contributed by atoms with Gasteiger partial charge in [0.05, 0.1) is 0 Å². The second-order valence-corrected chi connectivity index (χ2v) is 5.93. The van der Waals surface area contributed by atoms with Crippen LogP contribution in [0.4, 0.5) is 5.82 Å². The lowest BCUT2D eigenvalue weighted by atomic mass is 9.99. The van der Waals surface area contributed by atoms with Gasteiger partial charge in [0.1, 0.15) is 11.6 Å². The number of nitrogens with zero attached hydrogens (tertiary/aromatic N) is 2. The summed E-state index contributed by atoms with van der Waals surface area (Å²) in [5.74, 6) is 2.86. The minimum atomic E-state index is 0.603. The molecule has 1 N–H and O–H groups in total. The number of hydrogen-bond acceptors (Lipinski definition) is 3. The Labute approximate surface area is 116 Å². The first-order valence-electron chi connectivity index (χ1n) is 8.02. The van der Waals surface area contributed by atoms with Crippen LogP contribution in [0.25, 0.3) is 0 Å². The van der Waals surface area contributed by atoms with E-state index in [0.717, 1.165) is 31.0 Å². The van der Waals surface area contributed by atoms with E-state index in [4.69, 9.17) is 9.97 Å². The molecule has 3 nitrogen and oxygen atoms in total. The third-order valence-electron chi connectivity index (χ3n) is 4.51. The van der Waals surface area contributed by atoms with Crippen LogP contribution in [0.1, 0.15) is 74.9 Å². The minimum absolute atomic E-state index is 0.603. The number of aryl methyl sites for hydroxylation is 1. The van der Waals surface area contributed by atoms with Crippen LogP contribution in [0.2, 0.25) is 0 Å². The summed E-state index contributed by atoms with van der Waals surface area (Å²) in [6.45, 7) is 3.10. The summed E-state index contributed by atoms with van der Waals surface area (Å²) in [6, 6.07) is 0. The molecule has 0 saturated heterocycles. The molecular weight excluding hydrogens is 234 g/mol. The topological polar surface area (TPSA) is 37.8 Å². The standard InChI is InChI=1S/C16H25N3/c1-2-17-16-13-10-7-11-14(13)18-15(19-16)12-8-5-3-4-6-9-12/h12H,2-11H2,1H3,(H,17,18,19). The molecule has 3 heteroatoms. The molecule has 0 aliphatic heterocycles. The van der Waals surface area contributed by atoms with Crippen molar-refractivity contribution in [1.29, 1.82) is 0 Å². The van der Waals surface area contributed by atoms with Crippen LogP contribution >= 0.6 is 0 Å². The molecule has 1 saturated carbocycles. The average Bonchev–Trinajstić information content (AvgIpc) is 2.72. The lowest BCUT2D eigenvalue weighted by Crippen LogP contribution is -2.11. The molecule has 2 aliphatic rings. The summed E-state index contributed by atoms with van der Waals surface area (Å²) in [7, 11) is 0. The summed E-state index contributed by atoms with van der Waals surface area (Å²) in [4.78, 5) is 9.79. The predicted molar refractivity (Wildman–Crippen MR) is 78.7 cm³/mol. The Bertz CT molecular complexity index is 434. The van der Waals surface area contributed by atoms with Gasteiger partial charge >= 0.3 is 0 Å². The van der Waals surface area contributed by atoms with Crippen LogP contribution in [0.15, 0.2) is 0 Å². The molecule has 0 atom stereocenters. The molecule has 1 aromatic rings.